The van der Waals surface area contributed by atoms with Gasteiger partial charge in [-0.1, -0.05) is 11.6 Å². The summed E-state index contributed by atoms with van der Waals surface area (Å²) in [4.78, 5) is 3.99. The first-order chi connectivity index (χ1) is 12.1. The molecule has 0 aliphatic heterocycles. The minimum absolute atomic E-state index is 0.0442. The zero-order valence-electron chi connectivity index (χ0n) is 13.7. The highest BCUT2D eigenvalue weighted by atomic mass is 35.5. The van der Waals surface area contributed by atoms with Crippen LogP contribution in [0.3, 0.4) is 0 Å². The molecule has 8 heteroatoms. The largest absolute Gasteiger partial charge is 0.396 e. The Morgan fingerprint density at radius 1 is 1.23 bits per heavy atom. The van der Waals surface area contributed by atoms with E-state index in [4.69, 9.17) is 11.6 Å². The second-order valence-electron chi connectivity index (χ2n) is 6.50. The molecule has 1 atom stereocenters. The number of halogens is 6. The van der Waals surface area contributed by atoms with E-state index in [1.807, 2.05) is 0 Å². The Morgan fingerprint density at radius 3 is 2.42 bits per heavy atom. The lowest BCUT2D eigenvalue weighted by Crippen LogP contribution is -2.17. The van der Waals surface area contributed by atoms with Gasteiger partial charge in [-0.25, -0.2) is 26.9 Å². The van der Waals surface area contributed by atoms with Gasteiger partial charge in [-0.3, -0.25) is 0 Å². The van der Waals surface area contributed by atoms with Crippen LogP contribution < -0.4 is 0 Å². The summed E-state index contributed by atoms with van der Waals surface area (Å²) < 4.78 is 70.2. The van der Waals surface area contributed by atoms with E-state index < -0.39 is 51.1 Å². The van der Waals surface area contributed by atoms with Gasteiger partial charge in [0.15, 0.2) is 11.6 Å². The number of hydrogen-bond donors (Lipinski definition) is 1. The molecule has 1 unspecified atom stereocenters. The highest BCUT2D eigenvalue weighted by Gasteiger charge is 2.37. The molecule has 2 nitrogen and oxygen atoms in total. The quantitative estimate of drug-likeness (QED) is 0.545. The van der Waals surface area contributed by atoms with Crippen LogP contribution in [0.5, 0.6) is 0 Å². The molecule has 1 aromatic carbocycles. The minimum atomic E-state index is -3.56. The predicted octanol–water partition coefficient (Wildman–Crippen LogP) is 5.42. The number of aliphatic hydroxyl groups is 1. The summed E-state index contributed by atoms with van der Waals surface area (Å²) in [6.45, 7) is 0.155. The average molecular weight is 392 g/mol. The molecule has 1 fully saturated rings. The third kappa shape index (κ3) is 3.42. The number of aromatic nitrogens is 1. The summed E-state index contributed by atoms with van der Waals surface area (Å²) in [7, 11) is 0. The van der Waals surface area contributed by atoms with Gasteiger partial charge < -0.3 is 5.11 Å². The predicted molar refractivity (Wildman–Crippen MR) is 86.7 cm³/mol. The van der Waals surface area contributed by atoms with Crippen molar-refractivity contribution >= 4 is 11.6 Å². The number of aliphatic hydroxyl groups excluding tert-OH is 1. The second-order valence-corrected chi connectivity index (χ2v) is 6.87. The Morgan fingerprint density at radius 2 is 1.88 bits per heavy atom. The van der Waals surface area contributed by atoms with E-state index in [1.165, 1.54) is 0 Å². The van der Waals surface area contributed by atoms with Gasteiger partial charge >= 0.3 is 0 Å². The lowest BCUT2D eigenvalue weighted by molar-refractivity contribution is 0.0135. The molecule has 0 spiro atoms. The van der Waals surface area contributed by atoms with E-state index >= 15 is 0 Å². The number of benzene rings is 1. The maximum Gasteiger partial charge on any atom is 0.273 e. The van der Waals surface area contributed by atoms with E-state index in [-0.39, 0.29) is 18.2 Å². The molecule has 1 aliphatic rings. The Labute approximate surface area is 151 Å². The van der Waals surface area contributed by atoms with Crippen molar-refractivity contribution < 1.29 is 27.1 Å². The zero-order chi connectivity index (χ0) is 19.2. The standard InChI is InChI=1S/C18H15ClF5NO/c1-18(23,24)11-6-13(10(7-26)8-2-3-8)25-17(16(11)22)9-4-5-12(20)14(19)15(9)21/h4-6,8,10,26H,2-3,7H2,1H3. The van der Waals surface area contributed by atoms with Crippen molar-refractivity contribution in [3.63, 3.8) is 0 Å². The lowest BCUT2D eigenvalue weighted by atomic mass is 9.95. The van der Waals surface area contributed by atoms with Crippen molar-refractivity contribution in [2.45, 2.75) is 31.6 Å². The summed E-state index contributed by atoms with van der Waals surface area (Å²) >= 11 is 5.52. The first kappa shape index (κ1) is 19.0. The van der Waals surface area contributed by atoms with Gasteiger partial charge in [-0.05, 0) is 37.0 Å². The average Bonchev–Trinajstić information content (AvgIpc) is 3.39. The summed E-state index contributed by atoms with van der Waals surface area (Å²) in [6.07, 6.45) is 1.57. The Balaban J connectivity index is 2.26. The van der Waals surface area contributed by atoms with Gasteiger partial charge in [0, 0.05) is 24.1 Å². The van der Waals surface area contributed by atoms with Crippen LogP contribution in [0.4, 0.5) is 22.0 Å². The maximum atomic E-state index is 14.7. The number of rotatable bonds is 5. The fourth-order valence-electron chi connectivity index (χ4n) is 2.93. The molecule has 1 aromatic heterocycles. The van der Waals surface area contributed by atoms with E-state index in [0.29, 0.717) is 6.92 Å². The third-order valence-electron chi connectivity index (χ3n) is 4.51. The Bertz CT molecular complexity index is 848. The van der Waals surface area contributed by atoms with E-state index in [1.54, 1.807) is 0 Å². The molecule has 1 aliphatic carbocycles. The molecule has 0 saturated heterocycles. The van der Waals surface area contributed by atoms with Crippen LogP contribution in [0.1, 0.15) is 36.9 Å². The molecular weight excluding hydrogens is 377 g/mol. The van der Waals surface area contributed by atoms with Gasteiger partial charge in [0.05, 0.1) is 12.2 Å². The van der Waals surface area contributed by atoms with Gasteiger partial charge in [-0.15, -0.1) is 0 Å². The van der Waals surface area contributed by atoms with Crippen molar-refractivity contribution in [3.8, 4) is 11.3 Å². The SMILES string of the molecule is CC(F)(F)c1cc(C(CO)C2CC2)nc(-c2ccc(F)c(Cl)c2F)c1F. The Kier molecular flexibility index (Phi) is 4.96. The van der Waals surface area contributed by atoms with E-state index in [0.717, 1.165) is 31.0 Å². The molecule has 0 bridgehead atoms. The maximum absolute atomic E-state index is 14.7. The fourth-order valence-corrected chi connectivity index (χ4v) is 3.09. The summed E-state index contributed by atoms with van der Waals surface area (Å²) in [5, 5.41) is 8.71. The van der Waals surface area contributed by atoms with Gasteiger partial charge in [0.1, 0.15) is 16.5 Å². The summed E-state index contributed by atoms with van der Waals surface area (Å²) in [5.41, 5.74) is -2.12. The van der Waals surface area contributed by atoms with Crippen molar-refractivity contribution in [3.05, 3.63) is 51.9 Å². The van der Waals surface area contributed by atoms with Crippen molar-refractivity contribution in [2.24, 2.45) is 5.92 Å². The molecule has 26 heavy (non-hydrogen) atoms. The number of alkyl halides is 2. The molecule has 3 rings (SSSR count). The highest BCUT2D eigenvalue weighted by Crippen LogP contribution is 2.44. The molecule has 140 valence electrons. The van der Waals surface area contributed by atoms with Crippen LogP contribution in [0.15, 0.2) is 18.2 Å². The summed E-state index contributed by atoms with van der Waals surface area (Å²) in [5.74, 6) is -7.82. The second kappa shape index (κ2) is 6.78. The molecule has 2 aromatic rings. The molecule has 1 N–H and O–H groups in total. The van der Waals surface area contributed by atoms with Crippen LogP contribution in [0, 0.1) is 23.4 Å². The molecule has 0 radical (unpaired) electrons. The van der Waals surface area contributed by atoms with Crippen LogP contribution in [-0.2, 0) is 5.92 Å². The van der Waals surface area contributed by atoms with Gasteiger partial charge in [-0.2, -0.15) is 0 Å². The fraction of sp³-hybridized carbons (Fsp3) is 0.389. The normalized spacial score (nSPS) is 16.0. The topological polar surface area (TPSA) is 33.1 Å². The van der Waals surface area contributed by atoms with Crippen LogP contribution in [0.25, 0.3) is 11.3 Å². The molecule has 1 heterocycles. The van der Waals surface area contributed by atoms with Gasteiger partial charge in [0.2, 0.25) is 0 Å². The first-order valence-corrected chi connectivity index (χ1v) is 8.36. The highest BCUT2D eigenvalue weighted by molar-refractivity contribution is 6.31. The van der Waals surface area contributed by atoms with Crippen molar-refractivity contribution in [2.75, 3.05) is 6.61 Å². The van der Waals surface area contributed by atoms with Crippen LogP contribution in [0.2, 0.25) is 5.02 Å². The third-order valence-corrected chi connectivity index (χ3v) is 4.85. The number of nitrogens with zero attached hydrogens (tertiary/aromatic N) is 1. The zero-order valence-corrected chi connectivity index (χ0v) is 14.4. The lowest BCUT2D eigenvalue weighted by Gasteiger charge is -2.20. The van der Waals surface area contributed by atoms with Crippen molar-refractivity contribution in [1.82, 2.24) is 4.98 Å². The number of pyridine rings is 1. The molecule has 0 amide bonds. The smallest absolute Gasteiger partial charge is 0.273 e. The van der Waals surface area contributed by atoms with E-state index in [9.17, 15) is 27.1 Å². The Hall–Kier alpha value is -1.73. The molecule has 1 saturated carbocycles. The van der Waals surface area contributed by atoms with Crippen LogP contribution in [-0.4, -0.2) is 16.7 Å². The van der Waals surface area contributed by atoms with Gasteiger partial charge in [0.25, 0.3) is 5.92 Å². The monoisotopic (exact) mass is 391 g/mol. The van der Waals surface area contributed by atoms with E-state index in [2.05, 4.69) is 4.98 Å². The van der Waals surface area contributed by atoms with Crippen LogP contribution >= 0.6 is 11.6 Å². The summed E-state index contributed by atoms with van der Waals surface area (Å²) in [6, 6.07) is 2.61. The number of hydrogen-bond acceptors (Lipinski definition) is 2. The van der Waals surface area contributed by atoms with Crippen molar-refractivity contribution in [1.29, 1.82) is 0 Å². The minimum Gasteiger partial charge on any atom is -0.396 e. The molecular formula is C18H15ClF5NO. The first-order valence-electron chi connectivity index (χ1n) is 7.98.